The quantitative estimate of drug-likeness (QED) is 0.365. The zero-order valence-corrected chi connectivity index (χ0v) is 5.56. The molecule has 0 saturated carbocycles. The van der Waals surface area contributed by atoms with E-state index >= 15 is 0 Å². The van der Waals surface area contributed by atoms with Gasteiger partial charge in [0.2, 0.25) is 0 Å². The molecule has 0 amide bonds. The predicted molar refractivity (Wildman–Crippen MR) is 33.9 cm³/mol. The van der Waals surface area contributed by atoms with Crippen LogP contribution in [0.5, 0.6) is 0 Å². The first-order chi connectivity index (χ1) is 3.72. The van der Waals surface area contributed by atoms with Crippen LogP contribution in [0.2, 0.25) is 0 Å². The first-order valence-electron chi connectivity index (χ1n) is 2.64. The van der Waals surface area contributed by atoms with Gasteiger partial charge in [0.15, 0.2) is 0 Å². The molecule has 0 aromatic carbocycles. The Morgan fingerprint density at radius 2 is 1.75 bits per heavy atom. The Bertz CT molecular complexity index is 104. The van der Waals surface area contributed by atoms with Gasteiger partial charge >= 0.3 is 0 Å². The van der Waals surface area contributed by atoms with E-state index in [0.717, 1.165) is 17.4 Å². The smallest absolute Gasteiger partial charge is 0.145 e. The average Bonchev–Trinajstić information content (AvgIpc) is 1.84. The SMILES string of the molecule is C/C=C(C)/C(C)=C/[O]. The van der Waals surface area contributed by atoms with Gasteiger partial charge in [-0.05, 0) is 31.9 Å². The zero-order chi connectivity index (χ0) is 6.57. The van der Waals surface area contributed by atoms with E-state index in [4.69, 9.17) is 0 Å². The van der Waals surface area contributed by atoms with Gasteiger partial charge in [-0.1, -0.05) is 6.08 Å². The maximum absolute atomic E-state index is 10.0. The van der Waals surface area contributed by atoms with E-state index < -0.39 is 0 Å². The Morgan fingerprint density at radius 3 is 1.88 bits per heavy atom. The third-order valence-corrected chi connectivity index (χ3v) is 1.23. The highest BCUT2D eigenvalue weighted by Crippen LogP contribution is 2.05. The van der Waals surface area contributed by atoms with E-state index in [0.29, 0.717) is 0 Å². The number of allylic oxidation sites excluding steroid dienone is 3. The Labute approximate surface area is 50.3 Å². The largest absolute Gasteiger partial charge is 0.298 e. The molecule has 0 fully saturated rings. The molecule has 1 nitrogen and oxygen atoms in total. The lowest BCUT2D eigenvalue weighted by atomic mass is 10.1. The minimum Gasteiger partial charge on any atom is -0.298 e. The molecule has 0 N–H and O–H groups in total. The summed E-state index contributed by atoms with van der Waals surface area (Å²) in [5, 5.41) is 10.0. The molecule has 0 heterocycles. The highest BCUT2D eigenvalue weighted by molar-refractivity contribution is 5.23. The van der Waals surface area contributed by atoms with E-state index in [1.165, 1.54) is 0 Å². The van der Waals surface area contributed by atoms with Gasteiger partial charge in [-0.15, -0.1) is 0 Å². The number of hydrogen-bond acceptors (Lipinski definition) is 0. The summed E-state index contributed by atoms with van der Waals surface area (Å²) >= 11 is 0. The summed E-state index contributed by atoms with van der Waals surface area (Å²) in [6.07, 6.45) is 2.79. The minimum atomic E-state index is 0.813. The van der Waals surface area contributed by atoms with Crippen molar-refractivity contribution < 1.29 is 5.11 Å². The van der Waals surface area contributed by atoms with Crippen molar-refractivity contribution in [2.24, 2.45) is 0 Å². The second-order valence-electron chi connectivity index (χ2n) is 1.77. The van der Waals surface area contributed by atoms with E-state index in [1.54, 1.807) is 0 Å². The van der Waals surface area contributed by atoms with E-state index in [9.17, 15) is 5.11 Å². The van der Waals surface area contributed by atoms with Crippen molar-refractivity contribution >= 4 is 0 Å². The highest BCUT2D eigenvalue weighted by atomic mass is 16.2. The molecular formula is C7H11O. The van der Waals surface area contributed by atoms with E-state index in [2.05, 4.69) is 0 Å². The molecule has 1 radical (unpaired) electrons. The average molecular weight is 111 g/mol. The van der Waals surface area contributed by atoms with Crippen LogP contribution in [0.1, 0.15) is 20.8 Å². The molecule has 0 aliphatic rings. The van der Waals surface area contributed by atoms with Crippen LogP contribution < -0.4 is 0 Å². The van der Waals surface area contributed by atoms with Crippen molar-refractivity contribution in [3.8, 4) is 0 Å². The molecule has 0 spiro atoms. The summed E-state index contributed by atoms with van der Waals surface area (Å²) in [5.74, 6) is 0. The Morgan fingerprint density at radius 1 is 1.25 bits per heavy atom. The van der Waals surface area contributed by atoms with Gasteiger partial charge in [-0.2, -0.15) is 0 Å². The van der Waals surface area contributed by atoms with Crippen LogP contribution in [-0.4, -0.2) is 0 Å². The number of hydrogen-bond donors (Lipinski definition) is 0. The maximum atomic E-state index is 10.0. The number of rotatable bonds is 1. The van der Waals surface area contributed by atoms with Crippen LogP contribution in [0.25, 0.3) is 0 Å². The second-order valence-corrected chi connectivity index (χ2v) is 1.77. The van der Waals surface area contributed by atoms with Crippen molar-refractivity contribution in [3.63, 3.8) is 0 Å². The summed E-state index contributed by atoms with van der Waals surface area (Å²) in [5.41, 5.74) is 1.87. The van der Waals surface area contributed by atoms with E-state index in [-0.39, 0.29) is 0 Å². The van der Waals surface area contributed by atoms with E-state index in [1.807, 2.05) is 26.8 Å². The molecule has 0 unspecified atom stereocenters. The summed E-state index contributed by atoms with van der Waals surface area (Å²) in [4.78, 5) is 0. The minimum absolute atomic E-state index is 0.813. The molecule has 45 valence electrons. The van der Waals surface area contributed by atoms with Gasteiger partial charge in [0.1, 0.15) is 6.26 Å². The summed E-state index contributed by atoms with van der Waals surface area (Å²) in [6, 6.07) is 0. The van der Waals surface area contributed by atoms with Gasteiger partial charge in [0.05, 0.1) is 0 Å². The van der Waals surface area contributed by atoms with Crippen LogP contribution in [-0.2, 0) is 5.11 Å². The van der Waals surface area contributed by atoms with Crippen molar-refractivity contribution in [1.82, 2.24) is 0 Å². The van der Waals surface area contributed by atoms with Crippen LogP contribution in [0, 0.1) is 0 Å². The van der Waals surface area contributed by atoms with Gasteiger partial charge in [0, 0.05) is 0 Å². The Balaban J connectivity index is 4.04. The lowest BCUT2D eigenvalue weighted by Gasteiger charge is -1.92. The van der Waals surface area contributed by atoms with Crippen molar-refractivity contribution in [3.05, 3.63) is 23.5 Å². The molecule has 0 atom stereocenters. The Kier molecular flexibility index (Phi) is 3.01. The predicted octanol–water partition coefficient (Wildman–Crippen LogP) is 2.29. The fourth-order valence-corrected chi connectivity index (χ4v) is 0.321. The highest BCUT2D eigenvalue weighted by Gasteiger charge is 1.87. The molecule has 0 rings (SSSR count). The standard InChI is InChI=1S/C7H11O/c1-4-6(2)7(3)5-8/h4-5H,1-3H3/b6-4+,7-5+. The maximum Gasteiger partial charge on any atom is 0.145 e. The monoisotopic (exact) mass is 111 g/mol. The first kappa shape index (κ1) is 7.28. The molecule has 0 aliphatic heterocycles. The van der Waals surface area contributed by atoms with Crippen LogP contribution >= 0.6 is 0 Å². The van der Waals surface area contributed by atoms with Crippen LogP contribution in [0.4, 0.5) is 0 Å². The molecule has 0 aliphatic carbocycles. The molecular weight excluding hydrogens is 100 g/mol. The molecule has 0 aromatic heterocycles. The molecule has 0 saturated heterocycles. The third-order valence-electron chi connectivity index (χ3n) is 1.23. The van der Waals surface area contributed by atoms with Crippen molar-refractivity contribution in [2.75, 3.05) is 0 Å². The van der Waals surface area contributed by atoms with Gasteiger partial charge in [-0.3, -0.25) is 5.11 Å². The zero-order valence-electron chi connectivity index (χ0n) is 5.56. The van der Waals surface area contributed by atoms with Crippen molar-refractivity contribution in [1.29, 1.82) is 0 Å². The molecule has 0 aromatic rings. The van der Waals surface area contributed by atoms with Crippen molar-refractivity contribution in [2.45, 2.75) is 20.8 Å². The lowest BCUT2D eigenvalue weighted by molar-refractivity contribution is 0.347. The van der Waals surface area contributed by atoms with Gasteiger partial charge < -0.3 is 0 Å². The molecule has 1 heteroatoms. The fourth-order valence-electron chi connectivity index (χ4n) is 0.321. The van der Waals surface area contributed by atoms with Crippen LogP contribution in [0.3, 0.4) is 0 Å². The topological polar surface area (TPSA) is 19.9 Å². The molecule has 0 bridgehead atoms. The normalized spacial score (nSPS) is 14.4. The molecule has 8 heavy (non-hydrogen) atoms. The fraction of sp³-hybridized carbons (Fsp3) is 0.429. The summed E-state index contributed by atoms with van der Waals surface area (Å²) < 4.78 is 0. The third kappa shape index (κ3) is 1.82. The summed E-state index contributed by atoms with van der Waals surface area (Å²) in [7, 11) is 0. The first-order valence-corrected chi connectivity index (χ1v) is 2.64. The second kappa shape index (κ2) is 3.30. The van der Waals surface area contributed by atoms with Gasteiger partial charge in [0.25, 0.3) is 0 Å². The summed E-state index contributed by atoms with van der Waals surface area (Å²) in [6.45, 7) is 5.65. The van der Waals surface area contributed by atoms with Gasteiger partial charge in [-0.25, -0.2) is 0 Å². The lowest BCUT2D eigenvalue weighted by Crippen LogP contribution is -1.75. The van der Waals surface area contributed by atoms with Crippen LogP contribution in [0.15, 0.2) is 23.5 Å². The Hall–Kier alpha value is -0.720.